The number of amides is 1. The zero-order valence-corrected chi connectivity index (χ0v) is 17.8. The molecule has 1 aromatic carbocycles. The molecule has 0 atom stereocenters. The molecule has 0 spiro atoms. The fraction of sp³-hybridized carbons (Fsp3) is 0.182. The van der Waals surface area contributed by atoms with Crippen LogP contribution in [0.4, 0.5) is 5.95 Å². The molecule has 0 saturated carbocycles. The van der Waals surface area contributed by atoms with E-state index in [0.29, 0.717) is 48.5 Å². The van der Waals surface area contributed by atoms with Gasteiger partial charge < -0.3 is 9.80 Å². The maximum Gasteiger partial charge on any atom is 0.276 e. The number of pyridine rings is 1. The number of nitrogens with zero attached hydrogens (tertiary/aromatic N) is 8. The average molecular weight is 447 g/mol. The van der Waals surface area contributed by atoms with Crippen LogP contribution in [0.1, 0.15) is 10.5 Å². The van der Waals surface area contributed by atoms with E-state index in [0.717, 1.165) is 5.56 Å². The number of benzene rings is 1. The Labute approximate surface area is 189 Å². The number of halogens is 1. The highest BCUT2D eigenvalue weighted by atomic mass is 35.5. The van der Waals surface area contributed by atoms with Crippen LogP contribution in [0.3, 0.4) is 0 Å². The lowest BCUT2D eigenvalue weighted by atomic mass is 10.1. The van der Waals surface area contributed by atoms with Crippen LogP contribution in [0.25, 0.3) is 16.9 Å². The molecule has 0 bridgehead atoms. The molecular formula is C22H19ClN8O. The van der Waals surface area contributed by atoms with Gasteiger partial charge in [-0.2, -0.15) is 0 Å². The molecule has 4 aromatic rings. The lowest BCUT2D eigenvalue weighted by Crippen LogP contribution is -2.49. The molecule has 4 heterocycles. The Morgan fingerprint density at radius 2 is 1.59 bits per heavy atom. The Hall–Kier alpha value is -3.85. The summed E-state index contributed by atoms with van der Waals surface area (Å²) in [4.78, 5) is 30.0. The van der Waals surface area contributed by atoms with Crippen LogP contribution in [0.5, 0.6) is 0 Å². The highest BCUT2D eigenvalue weighted by Crippen LogP contribution is 2.29. The van der Waals surface area contributed by atoms with E-state index in [9.17, 15) is 4.79 Å². The molecule has 9 nitrogen and oxygen atoms in total. The van der Waals surface area contributed by atoms with Gasteiger partial charge in [-0.25, -0.2) is 14.6 Å². The predicted molar refractivity (Wildman–Crippen MR) is 120 cm³/mol. The van der Waals surface area contributed by atoms with Gasteiger partial charge in [0.15, 0.2) is 5.69 Å². The van der Waals surface area contributed by atoms with E-state index in [1.807, 2.05) is 30.3 Å². The number of hydrogen-bond acceptors (Lipinski definition) is 7. The number of carbonyl (C=O) groups is 1. The van der Waals surface area contributed by atoms with E-state index < -0.39 is 0 Å². The minimum absolute atomic E-state index is 0.177. The van der Waals surface area contributed by atoms with Gasteiger partial charge in [0, 0.05) is 56.5 Å². The largest absolute Gasteiger partial charge is 0.337 e. The van der Waals surface area contributed by atoms with Crippen molar-refractivity contribution in [3.8, 4) is 16.9 Å². The molecular weight excluding hydrogens is 428 g/mol. The molecule has 0 N–H and O–H groups in total. The summed E-state index contributed by atoms with van der Waals surface area (Å²) in [6.07, 6.45) is 6.78. The van der Waals surface area contributed by atoms with Crippen molar-refractivity contribution in [3.63, 3.8) is 0 Å². The number of para-hydroxylation sites is 1. The van der Waals surface area contributed by atoms with Crippen LogP contribution in [0.15, 0.2) is 67.3 Å². The second-order valence-electron chi connectivity index (χ2n) is 7.21. The molecule has 1 amide bonds. The Balaban J connectivity index is 1.46. The van der Waals surface area contributed by atoms with Crippen molar-refractivity contribution in [1.29, 1.82) is 0 Å². The van der Waals surface area contributed by atoms with Crippen LogP contribution >= 0.6 is 11.6 Å². The standard InChI is InChI=1S/C22H19ClN8O/c23-17-4-1-2-5-18(17)31-20(16-6-10-24-11-7-16)19(27-28-31)21(32)29-12-14-30(15-13-29)22-25-8-3-9-26-22/h1-11H,12-15H2. The first kappa shape index (κ1) is 20.1. The van der Waals surface area contributed by atoms with Gasteiger partial charge in [0.2, 0.25) is 5.95 Å². The summed E-state index contributed by atoms with van der Waals surface area (Å²) in [6, 6.07) is 12.8. The van der Waals surface area contributed by atoms with Crippen LogP contribution in [-0.4, -0.2) is 66.9 Å². The third-order valence-electron chi connectivity index (χ3n) is 5.31. The van der Waals surface area contributed by atoms with Gasteiger partial charge >= 0.3 is 0 Å². The first-order valence-electron chi connectivity index (χ1n) is 10.1. The first-order chi connectivity index (χ1) is 15.7. The maximum atomic E-state index is 13.5. The van der Waals surface area contributed by atoms with Gasteiger partial charge in [-0.15, -0.1) is 5.10 Å². The molecule has 32 heavy (non-hydrogen) atoms. The number of carbonyl (C=O) groups excluding carboxylic acids is 1. The second-order valence-corrected chi connectivity index (χ2v) is 7.62. The highest BCUT2D eigenvalue weighted by molar-refractivity contribution is 6.32. The van der Waals surface area contributed by atoms with Gasteiger partial charge in [0.05, 0.1) is 10.7 Å². The summed E-state index contributed by atoms with van der Waals surface area (Å²) in [5.74, 6) is 0.491. The van der Waals surface area contributed by atoms with E-state index in [4.69, 9.17) is 11.6 Å². The smallest absolute Gasteiger partial charge is 0.276 e. The van der Waals surface area contributed by atoms with Gasteiger partial charge in [-0.05, 0) is 30.3 Å². The zero-order chi connectivity index (χ0) is 21.9. The van der Waals surface area contributed by atoms with Crippen LogP contribution in [0.2, 0.25) is 5.02 Å². The van der Waals surface area contributed by atoms with Gasteiger partial charge in [-0.3, -0.25) is 9.78 Å². The number of anilines is 1. The lowest BCUT2D eigenvalue weighted by molar-refractivity contribution is 0.0741. The fourth-order valence-electron chi connectivity index (χ4n) is 3.70. The Kier molecular flexibility index (Phi) is 5.47. The van der Waals surface area contributed by atoms with Crippen molar-refractivity contribution >= 4 is 23.5 Å². The molecule has 3 aromatic heterocycles. The van der Waals surface area contributed by atoms with E-state index in [-0.39, 0.29) is 11.6 Å². The molecule has 0 aliphatic carbocycles. The van der Waals surface area contributed by atoms with Gasteiger partial charge in [0.1, 0.15) is 5.69 Å². The molecule has 1 aliphatic rings. The summed E-state index contributed by atoms with van der Waals surface area (Å²) in [6.45, 7) is 2.34. The maximum absolute atomic E-state index is 13.5. The fourth-order valence-corrected chi connectivity index (χ4v) is 3.92. The third-order valence-corrected chi connectivity index (χ3v) is 5.63. The monoisotopic (exact) mass is 446 g/mol. The van der Waals surface area contributed by atoms with Crippen molar-refractivity contribution in [1.82, 2.24) is 34.8 Å². The van der Waals surface area contributed by atoms with Crippen molar-refractivity contribution in [2.24, 2.45) is 0 Å². The zero-order valence-electron chi connectivity index (χ0n) is 17.0. The topological polar surface area (TPSA) is 92.9 Å². The van der Waals surface area contributed by atoms with E-state index in [2.05, 4.69) is 30.2 Å². The normalized spacial score (nSPS) is 13.9. The lowest BCUT2D eigenvalue weighted by Gasteiger charge is -2.34. The minimum Gasteiger partial charge on any atom is -0.337 e. The molecule has 1 aliphatic heterocycles. The molecule has 1 saturated heterocycles. The average Bonchev–Trinajstić information content (AvgIpc) is 3.30. The molecule has 5 rings (SSSR count). The minimum atomic E-state index is -0.177. The van der Waals surface area contributed by atoms with E-state index >= 15 is 0 Å². The number of piperazine rings is 1. The van der Waals surface area contributed by atoms with E-state index in [1.54, 1.807) is 46.5 Å². The Bertz CT molecular complexity index is 1220. The molecule has 160 valence electrons. The van der Waals surface area contributed by atoms with Crippen LogP contribution < -0.4 is 4.90 Å². The predicted octanol–water partition coefficient (Wildman–Crippen LogP) is 2.74. The highest BCUT2D eigenvalue weighted by Gasteiger charge is 2.29. The molecule has 0 radical (unpaired) electrons. The van der Waals surface area contributed by atoms with Crippen molar-refractivity contribution in [2.75, 3.05) is 31.1 Å². The number of aromatic nitrogens is 6. The molecule has 0 unspecified atom stereocenters. The molecule has 1 fully saturated rings. The van der Waals surface area contributed by atoms with Crippen molar-refractivity contribution < 1.29 is 4.79 Å². The summed E-state index contributed by atoms with van der Waals surface area (Å²) in [5, 5.41) is 9.07. The van der Waals surface area contributed by atoms with Gasteiger partial charge in [0.25, 0.3) is 5.91 Å². The summed E-state index contributed by atoms with van der Waals surface area (Å²) < 4.78 is 1.61. The summed E-state index contributed by atoms with van der Waals surface area (Å²) >= 11 is 6.42. The SMILES string of the molecule is O=C(c1nnn(-c2ccccc2Cl)c1-c1ccncc1)N1CCN(c2ncccn2)CC1. The Morgan fingerprint density at radius 3 is 2.31 bits per heavy atom. The third kappa shape index (κ3) is 3.78. The molecule has 10 heteroatoms. The second kappa shape index (κ2) is 8.72. The van der Waals surface area contributed by atoms with Crippen LogP contribution in [-0.2, 0) is 0 Å². The van der Waals surface area contributed by atoms with Gasteiger partial charge in [-0.1, -0.05) is 28.9 Å². The van der Waals surface area contributed by atoms with E-state index in [1.165, 1.54) is 0 Å². The van der Waals surface area contributed by atoms with Crippen LogP contribution in [0, 0.1) is 0 Å². The first-order valence-corrected chi connectivity index (χ1v) is 10.5. The summed E-state index contributed by atoms with van der Waals surface area (Å²) in [7, 11) is 0. The van der Waals surface area contributed by atoms with Crippen molar-refractivity contribution in [2.45, 2.75) is 0 Å². The van der Waals surface area contributed by atoms with Crippen molar-refractivity contribution in [3.05, 3.63) is 78.0 Å². The Morgan fingerprint density at radius 1 is 0.875 bits per heavy atom. The number of hydrogen-bond donors (Lipinski definition) is 0. The summed E-state index contributed by atoms with van der Waals surface area (Å²) in [5.41, 5.74) is 2.29. The quantitative estimate of drug-likeness (QED) is 0.475. The number of rotatable bonds is 4.